The largest absolute Gasteiger partial charge is 0.384 e. The van der Waals surface area contributed by atoms with Gasteiger partial charge in [-0.1, -0.05) is 11.3 Å². The van der Waals surface area contributed by atoms with Gasteiger partial charge in [0.25, 0.3) is 0 Å². The topological polar surface area (TPSA) is 50.9 Å². The molecule has 2 aromatic rings. The van der Waals surface area contributed by atoms with Crippen molar-refractivity contribution in [3.8, 4) is 0 Å². The molecule has 1 aromatic heterocycles. The Labute approximate surface area is 103 Å². The lowest BCUT2D eigenvalue weighted by Crippen LogP contribution is -2.15. The van der Waals surface area contributed by atoms with E-state index in [0.29, 0.717) is 5.69 Å². The van der Waals surface area contributed by atoms with Crippen molar-refractivity contribution in [3.05, 3.63) is 47.3 Å². The number of benzene rings is 1. The first-order chi connectivity index (χ1) is 8.38. The summed E-state index contributed by atoms with van der Waals surface area (Å²) in [5.74, 6) is -1.26. The number of halogens is 2. The van der Waals surface area contributed by atoms with Gasteiger partial charge in [0.05, 0.1) is 12.7 Å². The van der Waals surface area contributed by atoms with Gasteiger partial charge in [0, 0.05) is 5.56 Å². The first kappa shape index (κ1) is 12.6. The van der Waals surface area contributed by atoms with Crippen LogP contribution in [0.4, 0.5) is 8.78 Å². The maximum absolute atomic E-state index is 13.4. The van der Waals surface area contributed by atoms with Gasteiger partial charge < -0.3 is 5.11 Å². The molecule has 0 saturated heterocycles. The summed E-state index contributed by atoms with van der Waals surface area (Å²) in [7, 11) is 0. The van der Waals surface area contributed by atoms with E-state index in [0.717, 1.165) is 0 Å². The van der Waals surface area contributed by atoms with Crippen molar-refractivity contribution in [1.82, 2.24) is 15.0 Å². The molecular formula is C12H13F2N3O. The molecule has 0 spiro atoms. The number of rotatable bonds is 3. The van der Waals surface area contributed by atoms with E-state index in [9.17, 15) is 13.9 Å². The SMILES string of the molecule is CC(C)(O)c1cn(Cc2c(F)cccc2F)nn1. The third-order valence-electron chi connectivity index (χ3n) is 2.55. The van der Waals surface area contributed by atoms with Gasteiger partial charge in [-0.3, -0.25) is 0 Å². The molecule has 0 unspecified atom stereocenters. The number of aliphatic hydroxyl groups is 1. The molecule has 0 saturated carbocycles. The lowest BCUT2D eigenvalue weighted by atomic mass is 10.1. The van der Waals surface area contributed by atoms with Gasteiger partial charge in [0.2, 0.25) is 0 Å². The molecule has 6 heteroatoms. The molecule has 1 N–H and O–H groups in total. The maximum atomic E-state index is 13.4. The van der Waals surface area contributed by atoms with E-state index in [2.05, 4.69) is 10.3 Å². The molecule has 0 bridgehead atoms. The molecule has 0 aliphatic carbocycles. The van der Waals surface area contributed by atoms with Gasteiger partial charge in [-0.25, -0.2) is 13.5 Å². The molecule has 1 heterocycles. The zero-order chi connectivity index (χ0) is 13.3. The predicted octanol–water partition coefficient (Wildman–Crippen LogP) is 1.83. The molecule has 18 heavy (non-hydrogen) atoms. The summed E-state index contributed by atoms with van der Waals surface area (Å²) >= 11 is 0. The highest BCUT2D eigenvalue weighted by molar-refractivity contribution is 5.20. The Hall–Kier alpha value is -1.82. The Morgan fingerprint density at radius 2 is 1.89 bits per heavy atom. The summed E-state index contributed by atoms with van der Waals surface area (Å²) in [4.78, 5) is 0. The molecule has 4 nitrogen and oxygen atoms in total. The molecule has 0 amide bonds. The van der Waals surface area contributed by atoms with Gasteiger partial charge in [0.15, 0.2) is 0 Å². The molecule has 1 aromatic carbocycles. The van der Waals surface area contributed by atoms with Gasteiger partial charge in [-0.2, -0.15) is 0 Å². The Morgan fingerprint density at radius 1 is 1.28 bits per heavy atom. The van der Waals surface area contributed by atoms with Crippen LogP contribution in [-0.4, -0.2) is 20.1 Å². The Balaban J connectivity index is 2.27. The maximum Gasteiger partial charge on any atom is 0.131 e. The quantitative estimate of drug-likeness (QED) is 0.908. The zero-order valence-corrected chi connectivity index (χ0v) is 10.1. The third kappa shape index (κ3) is 2.53. The minimum absolute atomic E-state index is 0.0679. The van der Waals surface area contributed by atoms with Crippen LogP contribution in [0.5, 0.6) is 0 Å². The fraction of sp³-hybridized carbons (Fsp3) is 0.333. The number of aromatic nitrogens is 3. The second kappa shape index (κ2) is 4.45. The van der Waals surface area contributed by atoms with Crippen molar-refractivity contribution in [2.24, 2.45) is 0 Å². The molecule has 0 fully saturated rings. The lowest BCUT2D eigenvalue weighted by molar-refractivity contribution is 0.0737. The summed E-state index contributed by atoms with van der Waals surface area (Å²) in [5.41, 5.74) is -0.865. The molecule has 0 radical (unpaired) electrons. The normalized spacial score (nSPS) is 11.8. The van der Waals surface area contributed by atoms with Crippen molar-refractivity contribution < 1.29 is 13.9 Å². The van der Waals surface area contributed by atoms with E-state index in [-0.39, 0.29) is 12.1 Å². The minimum Gasteiger partial charge on any atom is -0.384 e. The van der Waals surface area contributed by atoms with Crippen molar-refractivity contribution in [2.75, 3.05) is 0 Å². The van der Waals surface area contributed by atoms with E-state index in [1.807, 2.05) is 0 Å². The van der Waals surface area contributed by atoms with E-state index in [1.165, 1.54) is 29.1 Å². The molecule has 0 atom stereocenters. The Kier molecular flexibility index (Phi) is 3.13. The van der Waals surface area contributed by atoms with Crippen LogP contribution in [0.1, 0.15) is 25.1 Å². The first-order valence-electron chi connectivity index (χ1n) is 5.44. The second-order valence-electron chi connectivity index (χ2n) is 4.56. The fourth-order valence-electron chi connectivity index (χ4n) is 1.50. The summed E-state index contributed by atoms with van der Waals surface area (Å²) in [5, 5.41) is 17.2. The molecule has 2 rings (SSSR count). The van der Waals surface area contributed by atoms with Crippen LogP contribution in [0, 0.1) is 11.6 Å². The second-order valence-corrected chi connectivity index (χ2v) is 4.56. The molecule has 0 aliphatic heterocycles. The van der Waals surface area contributed by atoms with Gasteiger partial charge in [-0.05, 0) is 26.0 Å². The summed E-state index contributed by atoms with van der Waals surface area (Å²) in [6, 6.07) is 3.68. The van der Waals surface area contributed by atoms with Crippen molar-refractivity contribution in [2.45, 2.75) is 26.0 Å². The highest BCUT2D eigenvalue weighted by atomic mass is 19.1. The number of hydrogen-bond donors (Lipinski definition) is 1. The van der Waals surface area contributed by atoms with Crippen LogP contribution in [-0.2, 0) is 12.1 Å². The number of nitrogens with zero attached hydrogens (tertiary/aromatic N) is 3. The Morgan fingerprint density at radius 3 is 2.39 bits per heavy atom. The van der Waals surface area contributed by atoms with E-state index in [4.69, 9.17) is 0 Å². The summed E-state index contributed by atoms with van der Waals surface area (Å²) < 4.78 is 28.1. The molecule has 0 aliphatic rings. The van der Waals surface area contributed by atoms with Crippen LogP contribution in [0.25, 0.3) is 0 Å². The van der Waals surface area contributed by atoms with Crippen molar-refractivity contribution >= 4 is 0 Å². The molecule has 96 valence electrons. The van der Waals surface area contributed by atoms with Crippen LogP contribution >= 0.6 is 0 Å². The fourth-order valence-corrected chi connectivity index (χ4v) is 1.50. The van der Waals surface area contributed by atoms with E-state index < -0.39 is 17.2 Å². The average molecular weight is 253 g/mol. The van der Waals surface area contributed by atoms with Gasteiger partial charge in [0.1, 0.15) is 22.9 Å². The summed E-state index contributed by atoms with van der Waals surface area (Å²) in [6.45, 7) is 3.05. The van der Waals surface area contributed by atoms with Crippen LogP contribution < -0.4 is 0 Å². The van der Waals surface area contributed by atoms with Gasteiger partial charge in [-0.15, -0.1) is 5.10 Å². The standard InChI is InChI=1S/C12H13F2N3O/c1-12(2,18)11-7-17(16-15-11)6-8-9(13)4-3-5-10(8)14/h3-5,7,18H,6H2,1-2H3. The highest BCUT2D eigenvalue weighted by Crippen LogP contribution is 2.17. The van der Waals surface area contributed by atoms with E-state index in [1.54, 1.807) is 13.8 Å². The summed E-state index contributed by atoms with van der Waals surface area (Å²) in [6.07, 6.45) is 1.46. The lowest BCUT2D eigenvalue weighted by Gasteiger charge is -2.11. The first-order valence-corrected chi connectivity index (χ1v) is 5.44. The van der Waals surface area contributed by atoms with Crippen molar-refractivity contribution in [1.29, 1.82) is 0 Å². The van der Waals surface area contributed by atoms with Crippen LogP contribution in [0.15, 0.2) is 24.4 Å². The average Bonchev–Trinajstić information content (AvgIpc) is 2.72. The smallest absolute Gasteiger partial charge is 0.131 e. The molecular weight excluding hydrogens is 240 g/mol. The monoisotopic (exact) mass is 253 g/mol. The highest BCUT2D eigenvalue weighted by Gasteiger charge is 2.20. The van der Waals surface area contributed by atoms with Gasteiger partial charge >= 0.3 is 0 Å². The number of hydrogen-bond acceptors (Lipinski definition) is 3. The van der Waals surface area contributed by atoms with Crippen LogP contribution in [0.3, 0.4) is 0 Å². The minimum atomic E-state index is -1.13. The van der Waals surface area contributed by atoms with Crippen molar-refractivity contribution in [3.63, 3.8) is 0 Å². The Bertz CT molecular complexity index is 540. The van der Waals surface area contributed by atoms with E-state index >= 15 is 0 Å². The predicted molar refractivity (Wildman–Crippen MR) is 60.7 cm³/mol. The van der Waals surface area contributed by atoms with Crippen LogP contribution in [0.2, 0.25) is 0 Å². The third-order valence-corrected chi connectivity index (χ3v) is 2.55. The zero-order valence-electron chi connectivity index (χ0n) is 10.1.